The lowest BCUT2D eigenvalue weighted by atomic mass is 10.0. The van der Waals surface area contributed by atoms with Gasteiger partial charge in [0.25, 0.3) is 5.91 Å². The summed E-state index contributed by atoms with van der Waals surface area (Å²) in [5.74, 6) is -0.946. The van der Waals surface area contributed by atoms with E-state index in [2.05, 4.69) is 25.9 Å². The fourth-order valence-electron chi connectivity index (χ4n) is 2.65. The minimum Gasteiger partial charge on any atom is -0.286 e. The predicted octanol–water partition coefficient (Wildman–Crippen LogP) is 3.82. The summed E-state index contributed by atoms with van der Waals surface area (Å²) in [7, 11) is 0. The molecule has 1 aliphatic rings. The van der Waals surface area contributed by atoms with Gasteiger partial charge in [-0.15, -0.1) is 5.10 Å². The van der Waals surface area contributed by atoms with Crippen LogP contribution in [0.1, 0.15) is 24.0 Å². The van der Waals surface area contributed by atoms with Crippen LogP contribution in [0.25, 0.3) is 17.6 Å². The number of hydrogen-bond acceptors (Lipinski definition) is 5. The van der Waals surface area contributed by atoms with E-state index >= 15 is 0 Å². The number of alkyl halides is 6. The molecule has 0 spiro atoms. The van der Waals surface area contributed by atoms with Crippen molar-refractivity contribution >= 4 is 18.3 Å². The van der Waals surface area contributed by atoms with Crippen molar-refractivity contribution < 1.29 is 31.1 Å². The monoisotopic (exact) mass is 458 g/mol. The number of carbonyl (C=O) groups excluding carboxylic acids is 1. The van der Waals surface area contributed by atoms with Gasteiger partial charge in [-0.05, 0) is 37.1 Å². The Morgan fingerprint density at radius 3 is 2.44 bits per heavy atom. The molecule has 0 bridgehead atoms. The summed E-state index contributed by atoms with van der Waals surface area (Å²) in [6.07, 6.45) is -0.294. The molecule has 3 rings (SSSR count). The molecule has 1 aromatic carbocycles. The molecule has 2 aromatic rings. The molecule has 1 aliphatic heterocycles. The molecular weight excluding hydrogens is 442 g/mol. The highest BCUT2D eigenvalue weighted by molar-refractivity contribution is 5.89. The molecule has 1 amide bonds. The zero-order chi connectivity index (χ0) is 23.4. The highest BCUT2D eigenvalue weighted by atomic mass is 19.4. The second-order valence-corrected chi connectivity index (χ2v) is 6.61. The molecule has 0 aliphatic carbocycles. The van der Waals surface area contributed by atoms with Crippen molar-refractivity contribution in [3.8, 4) is 11.4 Å². The standard InChI is InChI=1S/C19H16F6N6O/c20-18(21,22)13-8-12(9-14(10-13)19(23,24)25)17-27-11-31(30-17)7-5-16(32)29-28-15-4-2-1-3-6-26-15/h1,3,5-11,15,28H,2,4H2,(H,29,32)/b7-5-. The quantitative estimate of drug-likeness (QED) is 0.406. The second-order valence-electron chi connectivity index (χ2n) is 6.61. The normalized spacial score (nSPS) is 17.0. The number of allylic oxidation sites excluding steroid dienone is 2. The number of benzene rings is 1. The van der Waals surface area contributed by atoms with E-state index in [1.807, 2.05) is 6.08 Å². The number of hydrogen-bond donors (Lipinski definition) is 2. The van der Waals surface area contributed by atoms with Gasteiger partial charge in [0.15, 0.2) is 5.82 Å². The Morgan fingerprint density at radius 2 is 1.78 bits per heavy atom. The van der Waals surface area contributed by atoms with Gasteiger partial charge in [-0.1, -0.05) is 6.08 Å². The number of amides is 1. The van der Waals surface area contributed by atoms with Crippen molar-refractivity contribution in [1.29, 1.82) is 0 Å². The molecule has 1 unspecified atom stereocenters. The van der Waals surface area contributed by atoms with E-state index in [-0.39, 0.29) is 18.1 Å². The molecule has 0 saturated carbocycles. The highest BCUT2D eigenvalue weighted by Gasteiger charge is 2.37. The second kappa shape index (κ2) is 9.34. The third-order valence-electron chi connectivity index (χ3n) is 4.19. The Hall–Kier alpha value is -3.48. The van der Waals surface area contributed by atoms with Crippen LogP contribution in [0.15, 0.2) is 47.7 Å². The Morgan fingerprint density at radius 1 is 1.09 bits per heavy atom. The Labute approximate surface area is 177 Å². The van der Waals surface area contributed by atoms with E-state index in [1.165, 1.54) is 0 Å². The minimum atomic E-state index is -4.99. The van der Waals surface area contributed by atoms with Gasteiger partial charge < -0.3 is 0 Å². The maximum absolute atomic E-state index is 13.0. The first-order chi connectivity index (χ1) is 15.0. The molecule has 170 valence electrons. The maximum atomic E-state index is 13.0. The Kier molecular flexibility index (Phi) is 6.77. The van der Waals surface area contributed by atoms with Crippen molar-refractivity contribution in [2.24, 2.45) is 4.99 Å². The highest BCUT2D eigenvalue weighted by Crippen LogP contribution is 2.38. The smallest absolute Gasteiger partial charge is 0.286 e. The lowest BCUT2D eigenvalue weighted by Crippen LogP contribution is -2.42. The number of halogens is 6. The van der Waals surface area contributed by atoms with Crippen LogP contribution >= 0.6 is 0 Å². The van der Waals surface area contributed by atoms with Crippen LogP contribution in [0.5, 0.6) is 0 Å². The van der Waals surface area contributed by atoms with Crippen LogP contribution < -0.4 is 10.9 Å². The molecule has 0 saturated heterocycles. The number of nitrogens with one attached hydrogen (secondary N) is 2. The first-order valence-electron chi connectivity index (χ1n) is 9.15. The number of carbonyl (C=O) groups is 1. The van der Waals surface area contributed by atoms with E-state index in [4.69, 9.17) is 0 Å². The van der Waals surface area contributed by atoms with E-state index < -0.39 is 35.0 Å². The van der Waals surface area contributed by atoms with Crippen molar-refractivity contribution in [1.82, 2.24) is 25.6 Å². The summed E-state index contributed by atoms with van der Waals surface area (Å²) >= 11 is 0. The first-order valence-corrected chi connectivity index (χ1v) is 9.15. The lowest BCUT2D eigenvalue weighted by molar-refractivity contribution is -0.143. The van der Waals surface area contributed by atoms with E-state index in [1.54, 1.807) is 12.3 Å². The maximum Gasteiger partial charge on any atom is 0.416 e. The molecule has 13 heteroatoms. The van der Waals surface area contributed by atoms with Crippen LogP contribution in [-0.2, 0) is 17.1 Å². The van der Waals surface area contributed by atoms with Gasteiger partial charge in [0, 0.05) is 24.1 Å². The van der Waals surface area contributed by atoms with Gasteiger partial charge in [-0.25, -0.2) is 15.1 Å². The molecular formula is C19H16F6N6O. The van der Waals surface area contributed by atoms with Gasteiger partial charge in [-0.3, -0.25) is 15.2 Å². The van der Waals surface area contributed by atoms with Gasteiger partial charge in [0.2, 0.25) is 0 Å². The number of aliphatic imine (C=N–C) groups is 1. The molecule has 7 nitrogen and oxygen atoms in total. The van der Waals surface area contributed by atoms with Crippen LogP contribution in [0.4, 0.5) is 26.3 Å². The summed E-state index contributed by atoms with van der Waals surface area (Å²) < 4.78 is 79.0. The van der Waals surface area contributed by atoms with Crippen molar-refractivity contribution in [3.63, 3.8) is 0 Å². The van der Waals surface area contributed by atoms with E-state index in [0.29, 0.717) is 18.6 Å². The van der Waals surface area contributed by atoms with Crippen LogP contribution in [-0.4, -0.2) is 33.1 Å². The molecule has 1 atom stereocenters. The van der Waals surface area contributed by atoms with Crippen molar-refractivity contribution in [3.05, 3.63) is 53.9 Å². The third kappa shape index (κ3) is 6.26. The minimum absolute atomic E-state index is 0.0200. The fourth-order valence-corrected chi connectivity index (χ4v) is 2.65. The van der Waals surface area contributed by atoms with Crippen LogP contribution in [0, 0.1) is 0 Å². The Bertz CT molecular complexity index is 1020. The average molecular weight is 458 g/mol. The first kappa shape index (κ1) is 23.2. The molecule has 1 aromatic heterocycles. The van der Waals surface area contributed by atoms with Crippen molar-refractivity contribution in [2.45, 2.75) is 31.4 Å². The van der Waals surface area contributed by atoms with Gasteiger partial charge in [-0.2, -0.15) is 26.3 Å². The fraction of sp³-hybridized carbons (Fsp3) is 0.263. The Balaban J connectivity index is 1.71. The third-order valence-corrected chi connectivity index (χ3v) is 4.19. The largest absolute Gasteiger partial charge is 0.416 e. The molecule has 2 N–H and O–H groups in total. The number of aromatic nitrogens is 3. The van der Waals surface area contributed by atoms with Gasteiger partial charge in [0.1, 0.15) is 12.5 Å². The summed E-state index contributed by atoms with van der Waals surface area (Å²) in [6, 6.07) is 1.07. The summed E-state index contributed by atoms with van der Waals surface area (Å²) in [5.41, 5.74) is 1.71. The van der Waals surface area contributed by atoms with E-state index in [9.17, 15) is 31.1 Å². The summed E-state index contributed by atoms with van der Waals surface area (Å²) in [6.45, 7) is 0. The van der Waals surface area contributed by atoms with Gasteiger partial charge >= 0.3 is 12.4 Å². The topological polar surface area (TPSA) is 84.2 Å². The van der Waals surface area contributed by atoms with Crippen LogP contribution in [0.3, 0.4) is 0 Å². The molecule has 32 heavy (non-hydrogen) atoms. The van der Waals surface area contributed by atoms with Crippen molar-refractivity contribution in [2.75, 3.05) is 0 Å². The summed E-state index contributed by atoms with van der Waals surface area (Å²) in [4.78, 5) is 19.8. The van der Waals surface area contributed by atoms with Crippen LogP contribution in [0.2, 0.25) is 0 Å². The number of nitrogens with zero attached hydrogens (tertiary/aromatic N) is 4. The molecule has 2 heterocycles. The van der Waals surface area contributed by atoms with Gasteiger partial charge in [0.05, 0.1) is 11.1 Å². The zero-order valence-corrected chi connectivity index (χ0v) is 16.2. The molecule has 0 fully saturated rings. The lowest BCUT2D eigenvalue weighted by Gasteiger charge is -2.13. The van der Waals surface area contributed by atoms with E-state index in [0.717, 1.165) is 29.7 Å². The number of rotatable bonds is 5. The zero-order valence-electron chi connectivity index (χ0n) is 16.2. The predicted molar refractivity (Wildman–Crippen MR) is 103 cm³/mol. The summed E-state index contributed by atoms with van der Waals surface area (Å²) in [5, 5.41) is 3.81. The molecule has 0 radical (unpaired) electrons. The number of hydrazine groups is 1. The average Bonchev–Trinajstić information content (AvgIpc) is 3.04. The SMILES string of the molecule is O=C(/C=C\n1cnc(-c2cc(C(F)(F)F)cc(C(F)(F)F)c2)n1)NNC1CCC=CC=N1.